The second-order valence-corrected chi connectivity index (χ2v) is 8.18. The molecule has 0 aliphatic heterocycles. The molecule has 2 aromatic heterocycles. The molecule has 0 saturated carbocycles. The first-order valence-electron chi connectivity index (χ1n) is 11.3. The number of nitrogens with zero attached hydrogens (tertiary/aromatic N) is 4. The van der Waals surface area contributed by atoms with Crippen LogP contribution >= 0.6 is 0 Å². The maximum Gasteiger partial charge on any atom is 0.255 e. The second-order valence-electron chi connectivity index (χ2n) is 8.18. The van der Waals surface area contributed by atoms with Gasteiger partial charge in [0.15, 0.2) is 0 Å². The maximum atomic E-state index is 12.9. The lowest BCUT2D eigenvalue weighted by molar-refractivity contribution is 0.102. The van der Waals surface area contributed by atoms with Crippen molar-refractivity contribution in [1.82, 2.24) is 9.97 Å². The van der Waals surface area contributed by atoms with Crippen LogP contribution in [0, 0.1) is 11.3 Å². The van der Waals surface area contributed by atoms with E-state index in [1.165, 1.54) is 0 Å². The Labute approximate surface area is 208 Å². The van der Waals surface area contributed by atoms with Gasteiger partial charge in [-0.05, 0) is 78.9 Å². The summed E-state index contributed by atoms with van der Waals surface area (Å²) in [4.78, 5) is 23.3. The minimum Gasteiger partial charge on any atom is -0.355 e. The van der Waals surface area contributed by atoms with Gasteiger partial charge in [0, 0.05) is 59.3 Å². The Morgan fingerprint density at radius 2 is 1.64 bits per heavy atom. The van der Waals surface area contributed by atoms with Crippen molar-refractivity contribution in [1.29, 1.82) is 5.26 Å². The highest BCUT2D eigenvalue weighted by Gasteiger charge is 2.12. The zero-order valence-electron chi connectivity index (χ0n) is 19.5. The fraction of sp³-hybridized carbons (Fsp3) is 0.0345. The first-order chi connectivity index (χ1) is 17.6. The van der Waals surface area contributed by atoms with Gasteiger partial charge in [-0.25, -0.2) is 0 Å². The molecule has 5 rings (SSSR count). The molecule has 0 fully saturated rings. The van der Waals surface area contributed by atoms with Crippen LogP contribution in [0.2, 0.25) is 0 Å². The van der Waals surface area contributed by atoms with Crippen LogP contribution in [0.1, 0.15) is 15.9 Å². The first kappa shape index (κ1) is 22.6. The highest BCUT2D eigenvalue weighted by molar-refractivity contribution is 6.05. The molecule has 7 nitrogen and oxygen atoms in total. The largest absolute Gasteiger partial charge is 0.355 e. The number of benzene rings is 3. The Morgan fingerprint density at radius 3 is 2.42 bits per heavy atom. The van der Waals surface area contributed by atoms with Crippen molar-refractivity contribution < 1.29 is 4.79 Å². The van der Waals surface area contributed by atoms with E-state index in [2.05, 4.69) is 26.7 Å². The van der Waals surface area contributed by atoms with Crippen LogP contribution in [0.25, 0.3) is 10.9 Å². The smallest absolute Gasteiger partial charge is 0.255 e. The molecule has 3 aromatic carbocycles. The van der Waals surface area contributed by atoms with Gasteiger partial charge in [0.1, 0.15) is 0 Å². The number of pyridine rings is 2. The lowest BCUT2D eigenvalue weighted by Gasteiger charge is -2.21. The highest BCUT2D eigenvalue weighted by atomic mass is 16.1. The lowest BCUT2D eigenvalue weighted by atomic mass is 10.1. The Bertz CT molecular complexity index is 1580. The van der Waals surface area contributed by atoms with E-state index in [-0.39, 0.29) is 5.91 Å². The van der Waals surface area contributed by atoms with Gasteiger partial charge in [0.05, 0.1) is 22.8 Å². The third kappa shape index (κ3) is 4.83. The Balaban J connectivity index is 1.32. The van der Waals surface area contributed by atoms with E-state index < -0.39 is 0 Å². The van der Waals surface area contributed by atoms with Crippen molar-refractivity contribution in [3.05, 3.63) is 115 Å². The van der Waals surface area contributed by atoms with Crippen molar-refractivity contribution in [3.63, 3.8) is 0 Å². The highest BCUT2D eigenvalue weighted by Crippen LogP contribution is 2.31. The molecule has 0 spiro atoms. The molecule has 2 heterocycles. The van der Waals surface area contributed by atoms with Gasteiger partial charge in [0.2, 0.25) is 0 Å². The van der Waals surface area contributed by atoms with Crippen LogP contribution in [0.3, 0.4) is 0 Å². The summed E-state index contributed by atoms with van der Waals surface area (Å²) < 4.78 is 0. The van der Waals surface area contributed by atoms with Crippen LogP contribution in [0.5, 0.6) is 0 Å². The summed E-state index contributed by atoms with van der Waals surface area (Å²) in [6.07, 6.45) is 5.19. The van der Waals surface area contributed by atoms with E-state index in [4.69, 9.17) is 0 Å². The molecule has 36 heavy (non-hydrogen) atoms. The number of nitrogens with one attached hydrogen (secondary N) is 2. The predicted octanol–water partition coefficient (Wildman–Crippen LogP) is 6.27. The summed E-state index contributed by atoms with van der Waals surface area (Å²) in [5, 5.41) is 16.4. The van der Waals surface area contributed by atoms with E-state index in [9.17, 15) is 10.1 Å². The zero-order valence-corrected chi connectivity index (χ0v) is 19.5. The van der Waals surface area contributed by atoms with Gasteiger partial charge in [-0.15, -0.1) is 0 Å². The molecule has 0 atom stereocenters. The van der Waals surface area contributed by atoms with Crippen molar-refractivity contribution >= 4 is 45.2 Å². The molecular weight excluding hydrogens is 448 g/mol. The fourth-order valence-electron chi connectivity index (χ4n) is 3.95. The van der Waals surface area contributed by atoms with Crippen molar-refractivity contribution in [2.24, 2.45) is 0 Å². The topological polar surface area (TPSA) is 93.9 Å². The van der Waals surface area contributed by atoms with E-state index in [0.717, 1.165) is 33.7 Å². The molecule has 2 N–H and O–H groups in total. The number of anilines is 5. The average molecular weight is 471 g/mol. The number of fused-ring (bicyclic) bond motifs is 1. The average Bonchev–Trinajstić information content (AvgIpc) is 2.93. The van der Waals surface area contributed by atoms with E-state index in [1.807, 2.05) is 78.7 Å². The van der Waals surface area contributed by atoms with Crippen LogP contribution in [0.4, 0.5) is 28.4 Å². The van der Waals surface area contributed by atoms with E-state index in [1.54, 1.807) is 36.8 Å². The zero-order chi connectivity index (χ0) is 24.9. The molecule has 7 heteroatoms. The van der Waals surface area contributed by atoms with Crippen molar-refractivity contribution in [3.8, 4) is 6.07 Å². The van der Waals surface area contributed by atoms with E-state index >= 15 is 0 Å². The number of hydrogen-bond acceptors (Lipinski definition) is 6. The quantitative estimate of drug-likeness (QED) is 0.304. The number of rotatable bonds is 6. The summed E-state index contributed by atoms with van der Waals surface area (Å²) in [7, 11) is 1.95. The molecule has 174 valence electrons. The van der Waals surface area contributed by atoms with Crippen molar-refractivity contribution in [2.45, 2.75) is 0 Å². The van der Waals surface area contributed by atoms with Gasteiger partial charge in [-0.1, -0.05) is 6.07 Å². The third-order valence-electron chi connectivity index (χ3n) is 5.82. The second kappa shape index (κ2) is 9.95. The van der Waals surface area contributed by atoms with Crippen LogP contribution in [0.15, 0.2) is 104 Å². The number of hydrogen-bond donors (Lipinski definition) is 2. The minimum absolute atomic E-state index is 0.196. The van der Waals surface area contributed by atoms with E-state index in [0.29, 0.717) is 16.8 Å². The molecule has 0 aliphatic carbocycles. The Hall–Kier alpha value is -5.22. The number of nitriles is 1. The number of carbonyl (C=O) groups excluding carboxylic acids is 1. The third-order valence-corrected chi connectivity index (χ3v) is 5.82. The molecule has 0 radical (unpaired) electrons. The predicted molar refractivity (Wildman–Crippen MR) is 143 cm³/mol. The molecule has 0 bridgehead atoms. The summed E-state index contributed by atoms with van der Waals surface area (Å²) in [5.41, 5.74) is 6.24. The number of aromatic nitrogens is 2. The summed E-state index contributed by atoms with van der Waals surface area (Å²) >= 11 is 0. The summed E-state index contributed by atoms with van der Waals surface area (Å²) in [6, 6.07) is 28.2. The molecule has 0 aliphatic rings. The SMILES string of the molecule is CN(c1ccc(C(=O)Nc2cccc(Nc3ccncc3)c2)cc1)c1ccnc2ccc(C#N)cc12. The van der Waals surface area contributed by atoms with Gasteiger partial charge < -0.3 is 15.5 Å². The normalized spacial score (nSPS) is 10.4. The molecule has 0 saturated heterocycles. The Morgan fingerprint density at radius 1 is 0.861 bits per heavy atom. The van der Waals surface area contributed by atoms with Crippen LogP contribution < -0.4 is 15.5 Å². The number of carbonyl (C=O) groups is 1. The summed E-state index contributed by atoms with van der Waals surface area (Å²) in [6.45, 7) is 0. The standard InChI is InChI=1S/C29H22N6O/c1-35(28-13-16-32-27-10-5-20(19-30)17-26(27)28)25-8-6-21(7-9-25)29(36)34-24-4-2-3-23(18-24)33-22-11-14-31-15-12-22/h2-18H,1H3,(H,31,33)(H,34,36). The van der Waals surface area contributed by atoms with Gasteiger partial charge >= 0.3 is 0 Å². The van der Waals surface area contributed by atoms with Crippen molar-refractivity contribution in [2.75, 3.05) is 22.6 Å². The van der Waals surface area contributed by atoms with Gasteiger partial charge in [-0.2, -0.15) is 5.26 Å². The summed E-state index contributed by atoms with van der Waals surface area (Å²) in [5.74, 6) is -0.196. The fourth-order valence-corrected chi connectivity index (χ4v) is 3.95. The van der Waals surface area contributed by atoms with Crippen LogP contribution in [-0.2, 0) is 0 Å². The molecule has 5 aromatic rings. The molecular formula is C29H22N6O. The molecule has 0 unspecified atom stereocenters. The number of amides is 1. The van der Waals surface area contributed by atoms with Crippen LogP contribution in [-0.4, -0.2) is 22.9 Å². The Kier molecular flexibility index (Phi) is 6.24. The van der Waals surface area contributed by atoms with Gasteiger partial charge in [-0.3, -0.25) is 14.8 Å². The maximum absolute atomic E-state index is 12.9. The monoisotopic (exact) mass is 470 g/mol. The first-order valence-corrected chi connectivity index (χ1v) is 11.3. The van der Waals surface area contributed by atoms with Gasteiger partial charge in [0.25, 0.3) is 5.91 Å². The lowest BCUT2D eigenvalue weighted by Crippen LogP contribution is -2.13. The molecule has 1 amide bonds. The minimum atomic E-state index is -0.196.